The monoisotopic (exact) mass is 424 g/mol. The number of carbonyl (C=O) groups excluding carboxylic acids is 1. The van der Waals surface area contributed by atoms with Crippen molar-refractivity contribution in [2.45, 2.75) is 78.4 Å². The third kappa shape index (κ3) is 4.86. The summed E-state index contributed by atoms with van der Waals surface area (Å²) >= 11 is 0. The van der Waals surface area contributed by atoms with Gasteiger partial charge < -0.3 is 15.0 Å². The fourth-order valence-electron chi connectivity index (χ4n) is 4.49. The van der Waals surface area contributed by atoms with Crippen molar-refractivity contribution in [2.24, 2.45) is 0 Å². The van der Waals surface area contributed by atoms with E-state index in [9.17, 15) is 9.18 Å². The summed E-state index contributed by atoms with van der Waals surface area (Å²) in [6.07, 6.45) is 6.70. The molecule has 1 amide bonds. The molecule has 5 heteroatoms. The molecule has 166 valence electrons. The Morgan fingerprint density at radius 1 is 1.13 bits per heavy atom. The number of amides is 1. The van der Waals surface area contributed by atoms with Crippen LogP contribution in [0.3, 0.4) is 0 Å². The number of carbonyl (C=O) groups is 1. The molecule has 2 aromatic carbocycles. The molecule has 1 aliphatic heterocycles. The summed E-state index contributed by atoms with van der Waals surface area (Å²) in [5.41, 5.74) is 6.35. The first-order valence-corrected chi connectivity index (χ1v) is 11.6. The van der Waals surface area contributed by atoms with Crippen molar-refractivity contribution in [2.75, 3.05) is 16.8 Å². The van der Waals surface area contributed by atoms with Gasteiger partial charge in [-0.2, -0.15) is 0 Å². The van der Waals surface area contributed by atoms with Gasteiger partial charge in [0.05, 0.1) is 6.10 Å². The first-order chi connectivity index (χ1) is 14.9. The minimum absolute atomic E-state index is 0.0561. The van der Waals surface area contributed by atoms with Crippen LogP contribution < -0.4 is 15.0 Å². The Hall–Kier alpha value is -2.56. The molecule has 0 saturated heterocycles. The summed E-state index contributed by atoms with van der Waals surface area (Å²) < 4.78 is 20.6. The highest BCUT2D eigenvalue weighted by Gasteiger charge is 2.23. The van der Waals surface area contributed by atoms with E-state index in [0.29, 0.717) is 18.7 Å². The maximum Gasteiger partial charge on any atom is 0.224 e. The Balaban J connectivity index is 1.55. The molecule has 0 unspecified atom stereocenters. The number of ether oxygens (including phenoxy) is 1. The SMILES string of the molecule is CCCC(=O)Nc1c(C)cc(N2CCCc3cc(OC4CCC4)c(F)cc3C2)cc1C. The van der Waals surface area contributed by atoms with Crippen molar-refractivity contribution in [1.29, 1.82) is 0 Å². The second-order valence-electron chi connectivity index (χ2n) is 9.00. The fraction of sp³-hybridized carbons (Fsp3) is 0.500. The second kappa shape index (κ2) is 9.29. The Labute approximate surface area is 184 Å². The number of fused-ring (bicyclic) bond motifs is 1. The van der Waals surface area contributed by atoms with Crippen LogP contribution in [0.15, 0.2) is 24.3 Å². The highest BCUT2D eigenvalue weighted by atomic mass is 19.1. The number of rotatable bonds is 6. The number of hydrogen-bond acceptors (Lipinski definition) is 3. The number of nitrogens with zero attached hydrogens (tertiary/aromatic N) is 1. The lowest BCUT2D eigenvalue weighted by atomic mass is 9.96. The van der Waals surface area contributed by atoms with Crippen molar-refractivity contribution >= 4 is 17.3 Å². The molecule has 0 aromatic heterocycles. The van der Waals surface area contributed by atoms with Gasteiger partial charge in [0.1, 0.15) is 0 Å². The van der Waals surface area contributed by atoms with Crippen LogP contribution in [0.1, 0.15) is 67.7 Å². The first kappa shape index (κ1) is 21.7. The van der Waals surface area contributed by atoms with E-state index >= 15 is 0 Å². The van der Waals surface area contributed by atoms with Gasteiger partial charge in [0.2, 0.25) is 5.91 Å². The second-order valence-corrected chi connectivity index (χ2v) is 9.00. The lowest BCUT2D eigenvalue weighted by Crippen LogP contribution is -2.25. The Kier molecular flexibility index (Phi) is 6.49. The average Bonchev–Trinajstić information content (AvgIpc) is 2.89. The fourth-order valence-corrected chi connectivity index (χ4v) is 4.49. The molecule has 31 heavy (non-hydrogen) atoms. The molecule has 4 nitrogen and oxygen atoms in total. The highest BCUT2D eigenvalue weighted by molar-refractivity contribution is 5.92. The van der Waals surface area contributed by atoms with Gasteiger partial charge in [0.15, 0.2) is 11.6 Å². The van der Waals surface area contributed by atoms with Crippen LogP contribution in [-0.2, 0) is 17.8 Å². The van der Waals surface area contributed by atoms with Gasteiger partial charge in [-0.15, -0.1) is 0 Å². The number of benzene rings is 2. The third-order valence-electron chi connectivity index (χ3n) is 6.46. The lowest BCUT2D eigenvalue weighted by Gasteiger charge is -2.27. The molecule has 0 radical (unpaired) electrons. The molecule has 0 atom stereocenters. The minimum atomic E-state index is -0.256. The normalized spacial score (nSPS) is 16.3. The van der Waals surface area contributed by atoms with Crippen molar-refractivity contribution in [3.63, 3.8) is 0 Å². The summed E-state index contributed by atoms with van der Waals surface area (Å²) in [6, 6.07) is 7.85. The van der Waals surface area contributed by atoms with Crippen LogP contribution in [-0.4, -0.2) is 18.6 Å². The van der Waals surface area contributed by atoms with E-state index < -0.39 is 0 Å². The lowest BCUT2D eigenvalue weighted by molar-refractivity contribution is -0.116. The molecule has 4 rings (SSSR count). The van der Waals surface area contributed by atoms with E-state index in [0.717, 1.165) is 66.7 Å². The standard InChI is InChI=1S/C26H33FN2O2/c1-4-7-25(30)28-26-17(2)12-21(13-18(26)3)29-11-6-8-19-15-24(31-22-9-5-10-22)23(27)14-20(19)16-29/h12-15,22H,4-11,16H2,1-3H3,(H,28,30). The molecular formula is C26H33FN2O2. The maximum absolute atomic E-state index is 14.7. The topological polar surface area (TPSA) is 41.6 Å². The summed E-state index contributed by atoms with van der Waals surface area (Å²) in [7, 11) is 0. The Bertz CT molecular complexity index is 945. The number of aryl methyl sites for hydroxylation is 3. The maximum atomic E-state index is 14.7. The third-order valence-corrected chi connectivity index (χ3v) is 6.46. The Morgan fingerprint density at radius 3 is 2.52 bits per heavy atom. The van der Waals surface area contributed by atoms with Crippen molar-refractivity contribution in [3.8, 4) is 5.75 Å². The van der Waals surface area contributed by atoms with Crippen LogP contribution in [0.4, 0.5) is 15.8 Å². The predicted molar refractivity (Wildman–Crippen MR) is 123 cm³/mol. The van der Waals surface area contributed by atoms with Gasteiger partial charge in [0.25, 0.3) is 0 Å². The van der Waals surface area contributed by atoms with Crippen molar-refractivity contribution in [1.82, 2.24) is 0 Å². The smallest absolute Gasteiger partial charge is 0.224 e. The molecule has 1 saturated carbocycles. The quantitative estimate of drug-likeness (QED) is 0.612. The zero-order chi connectivity index (χ0) is 22.0. The van der Waals surface area contributed by atoms with E-state index in [1.54, 1.807) is 6.07 Å². The van der Waals surface area contributed by atoms with Gasteiger partial charge in [-0.3, -0.25) is 4.79 Å². The first-order valence-electron chi connectivity index (χ1n) is 11.6. The average molecular weight is 425 g/mol. The van der Waals surface area contributed by atoms with E-state index in [1.165, 1.54) is 12.0 Å². The van der Waals surface area contributed by atoms with Gasteiger partial charge >= 0.3 is 0 Å². The molecule has 0 bridgehead atoms. The largest absolute Gasteiger partial charge is 0.487 e. The minimum Gasteiger partial charge on any atom is -0.487 e. The van der Waals surface area contributed by atoms with Crippen molar-refractivity contribution in [3.05, 3.63) is 52.3 Å². The van der Waals surface area contributed by atoms with E-state index in [4.69, 9.17) is 4.74 Å². The summed E-state index contributed by atoms with van der Waals surface area (Å²) in [6.45, 7) is 7.66. The molecule has 2 aromatic rings. The number of hydrogen-bond donors (Lipinski definition) is 1. The molecule has 1 heterocycles. The molecule has 1 N–H and O–H groups in total. The van der Waals surface area contributed by atoms with Gasteiger partial charge in [0, 0.05) is 30.9 Å². The highest BCUT2D eigenvalue weighted by Crippen LogP contribution is 2.34. The summed E-state index contributed by atoms with van der Waals surface area (Å²) in [5.74, 6) is 0.213. The van der Waals surface area contributed by atoms with E-state index in [-0.39, 0.29) is 17.8 Å². The van der Waals surface area contributed by atoms with Crippen LogP contribution in [0.25, 0.3) is 0 Å². The Morgan fingerprint density at radius 2 is 1.87 bits per heavy atom. The summed E-state index contributed by atoms with van der Waals surface area (Å²) in [5, 5.41) is 3.06. The van der Waals surface area contributed by atoms with Crippen LogP contribution in [0.5, 0.6) is 5.75 Å². The van der Waals surface area contributed by atoms with Gasteiger partial charge in [-0.05, 0) is 98.9 Å². The number of nitrogens with one attached hydrogen (secondary N) is 1. The predicted octanol–water partition coefficient (Wildman–Crippen LogP) is 6.07. The molecule has 2 aliphatic rings. The molecule has 0 spiro atoms. The molecule has 1 aliphatic carbocycles. The van der Waals surface area contributed by atoms with Crippen LogP contribution in [0.2, 0.25) is 0 Å². The zero-order valence-corrected chi connectivity index (χ0v) is 18.9. The molecule has 1 fully saturated rings. The van der Waals surface area contributed by atoms with Crippen molar-refractivity contribution < 1.29 is 13.9 Å². The number of halogens is 1. The van der Waals surface area contributed by atoms with E-state index in [1.807, 2.05) is 26.8 Å². The van der Waals surface area contributed by atoms with Gasteiger partial charge in [-0.1, -0.05) is 6.92 Å². The summed E-state index contributed by atoms with van der Waals surface area (Å²) in [4.78, 5) is 14.4. The van der Waals surface area contributed by atoms with Crippen LogP contribution in [0, 0.1) is 19.7 Å². The van der Waals surface area contributed by atoms with E-state index in [2.05, 4.69) is 22.3 Å². The van der Waals surface area contributed by atoms with Gasteiger partial charge in [-0.25, -0.2) is 4.39 Å². The molecular weight excluding hydrogens is 391 g/mol. The zero-order valence-electron chi connectivity index (χ0n) is 18.9. The van der Waals surface area contributed by atoms with Crippen LogP contribution >= 0.6 is 0 Å². The number of anilines is 2.